The van der Waals surface area contributed by atoms with E-state index in [1.54, 1.807) is 6.07 Å². The van der Waals surface area contributed by atoms with Crippen molar-refractivity contribution in [2.75, 3.05) is 5.73 Å². The maximum absolute atomic E-state index is 12.8. The molecule has 2 N–H and O–H groups in total. The van der Waals surface area contributed by atoms with Crippen molar-refractivity contribution in [3.8, 4) is 0 Å². The number of ether oxygens (including phenoxy) is 1. The molecular weight excluding hydrogens is 217 g/mol. The van der Waals surface area contributed by atoms with Crippen LogP contribution in [0.15, 0.2) is 48.5 Å². The Balaban J connectivity index is 1.90. The molecule has 0 fully saturated rings. The first-order valence-electron chi connectivity index (χ1n) is 5.41. The molecule has 0 spiro atoms. The van der Waals surface area contributed by atoms with Crippen molar-refractivity contribution in [1.82, 2.24) is 0 Å². The van der Waals surface area contributed by atoms with E-state index in [-0.39, 0.29) is 5.82 Å². The topological polar surface area (TPSA) is 35.2 Å². The van der Waals surface area contributed by atoms with E-state index < -0.39 is 0 Å². The molecule has 3 heteroatoms. The first-order chi connectivity index (χ1) is 8.25. The lowest BCUT2D eigenvalue weighted by Crippen LogP contribution is -1.99. The quantitative estimate of drug-likeness (QED) is 0.820. The number of halogens is 1. The fourth-order valence-corrected chi connectivity index (χ4v) is 1.55. The summed E-state index contributed by atoms with van der Waals surface area (Å²) < 4.78 is 18.3. The Kier molecular flexibility index (Phi) is 3.73. The maximum Gasteiger partial charge on any atom is 0.125 e. The predicted octanol–water partition coefficient (Wildman–Crippen LogP) is 3.12. The molecule has 0 saturated heterocycles. The van der Waals surface area contributed by atoms with E-state index >= 15 is 0 Å². The molecule has 0 radical (unpaired) electrons. The van der Waals surface area contributed by atoms with Gasteiger partial charge >= 0.3 is 0 Å². The Hall–Kier alpha value is -1.87. The van der Waals surface area contributed by atoms with Gasteiger partial charge in [-0.1, -0.05) is 36.4 Å². The van der Waals surface area contributed by atoms with Crippen LogP contribution in [-0.4, -0.2) is 0 Å². The molecule has 0 aliphatic heterocycles. The highest BCUT2D eigenvalue weighted by atomic mass is 19.1. The van der Waals surface area contributed by atoms with E-state index in [0.717, 1.165) is 11.1 Å². The molecule has 0 amide bonds. The molecule has 0 aromatic heterocycles. The number of nitrogens with two attached hydrogens (primary N) is 1. The Labute approximate surface area is 99.8 Å². The summed E-state index contributed by atoms with van der Waals surface area (Å²) in [6, 6.07) is 14.2. The van der Waals surface area contributed by atoms with Crippen molar-refractivity contribution in [3.05, 3.63) is 65.5 Å². The van der Waals surface area contributed by atoms with Gasteiger partial charge in [0.1, 0.15) is 5.82 Å². The highest BCUT2D eigenvalue weighted by molar-refractivity contribution is 5.46. The average Bonchev–Trinajstić information content (AvgIpc) is 2.33. The molecule has 0 aliphatic carbocycles. The second kappa shape index (κ2) is 5.46. The van der Waals surface area contributed by atoms with Gasteiger partial charge in [0.25, 0.3) is 0 Å². The van der Waals surface area contributed by atoms with Crippen molar-refractivity contribution in [2.24, 2.45) is 0 Å². The van der Waals surface area contributed by atoms with E-state index in [1.165, 1.54) is 12.1 Å². The minimum Gasteiger partial charge on any atom is -0.398 e. The summed E-state index contributed by atoms with van der Waals surface area (Å²) in [5.41, 5.74) is 8.02. The van der Waals surface area contributed by atoms with Gasteiger partial charge in [-0.25, -0.2) is 4.39 Å². The van der Waals surface area contributed by atoms with Crippen LogP contribution in [0.5, 0.6) is 0 Å². The van der Waals surface area contributed by atoms with Crippen molar-refractivity contribution < 1.29 is 9.13 Å². The first kappa shape index (κ1) is 11.6. The number of nitrogen functional groups attached to an aromatic ring is 1. The van der Waals surface area contributed by atoms with Crippen LogP contribution in [0.4, 0.5) is 10.1 Å². The smallest absolute Gasteiger partial charge is 0.125 e. The molecule has 0 saturated carbocycles. The summed E-state index contributed by atoms with van der Waals surface area (Å²) in [6.07, 6.45) is 0. The number of rotatable bonds is 4. The lowest BCUT2D eigenvalue weighted by molar-refractivity contribution is 0.107. The number of anilines is 1. The first-order valence-corrected chi connectivity index (χ1v) is 5.41. The molecule has 2 aromatic rings. The summed E-state index contributed by atoms with van der Waals surface area (Å²) in [4.78, 5) is 0. The normalized spacial score (nSPS) is 10.4. The van der Waals surface area contributed by atoms with E-state index in [2.05, 4.69) is 0 Å². The predicted molar refractivity (Wildman–Crippen MR) is 65.7 cm³/mol. The van der Waals surface area contributed by atoms with Crippen molar-refractivity contribution in [1.29, 1.82) is 0 Å². The van der Waals surface area contributed by atoms with Crippen LogP contribution >= 0.6 is 0 Å². The third-order valence-electron chi connectivity index (χ3n) is 2.48. The molecule has 2 aromatic carbocycles. The minimum atomic E-state index is -0.325. The molecule has 2 nitrogen and oxygen atoms in total. The highest BCUT2D eigenvalue weighted by Crippen LogP contribution is 2.15. The van der Waals surface area contributed by atoms with Gasteiger partial charge in [-0.15, -0.1) is 0 Å². The molecule has 88 valence electrons. The van der Waals surface area contributed by atoms with Crippen LogP contribution < -0.4 is 5.73 Å². The summed E-state index contributed by atoms with van der Waals surface area (Å²) in [5.74, 6) is -0.325. The van der Waals surface area contributed by atoms with Crippen LogP contribution in [0.3, 0.4) is 0 Å². The van der Waals surface area contributed by atoms with Gasteiger partial charge in [-0.2, -0.15) is 0 Å². The molecule has 0 atom stereocenters. The zero-order valence-corrected chi connectivity index (χ0v) is 9.40. The lowest BCUT2D eigenvalue weighted by Gasteiger charge is -2.07. The van der Waals surface area contributed by atoms with Crippen LogP contribution in [0.2, 0.25) is 0 Å². The van der Waals surface area contributed by atoms with Crippen molar-refractivity contribution in [2.45, 2.75) is 13.2 Å². The van der Waals surface area contributed by atoms with Gasteiger partial charge in [0, 0.05) is 11.3 Å². The monoisotopic (exact) mass is 231 g/mol. The van der Waals surface area contributed by atoms with Crippen LogP contribution in [0.1, 0.15) is 11.1 Å². The van der Waals surface area contributed by atoms with E-state index in [4.69, 9.17) is 10.5 Å². The Morgan fingerprint density at radius 3 is 2.47 bits per heavy atom. The molecule has 2 rings (SSSR count). The van der Waals surface area contributed by atoms with Gasteiger partial charge in [-0.3, -0.25) is 0 Å². The second-order valence-electron chi connectivity index (χ2n) is 3.82. The summed E-state index contributed by atoms with van der Waals surface area (Å²) in [6.45, 7) is 0.915. The minimum absolute atomic E-state index is 0.325. The van der Waals surface area contributed by atoms with Crippen molar-refractivity contribution >= 4 is 5.69 Å². The molecule has 0 aliphatic rings. The Bertz CT molecular complexity index is 485. The molecule has 0 unspecified atom stereocenters. The third kappa shape index (κ3) is 3.29. The lowest BCUT2D eigenvalue weighted by atomic mass is 10.2. The van der Waals surface area contributed by atoms with Gasteiger partial charge in [-0.05, 0) is 17.7 Å². The second-order valence-corrected chi connectivity index (χ2v) is 3.82. The molecule has 0 bridgehead atoms. The zero-order valence-electron chi connectivity index (χ0n) is 9.40. The fourth-order valence-electron chi connectivity index (χ4n) is 1.55. The SMILES string of the molecule is Nc1cc(F)ccc1COCc1ccccc1. The Morgan fingerprint density at radius 2 is 1.76 bits per heavy atom. The maximum atomic E-state index is 12.8. The summed E-state index contributed by atoms with van der Waals surface area (Å²) >= 11 is 0. The van der Waals surface area contributed by atoms with Gasteiger partial charge in [0.15, 0.2) is 0 Å². The largest absolute Gasteiger partial charge is 0.398 e. The van der Waals surface area contributed by atoms with E-state index in [9.17, 15) is 4.39 Å². The number of hydrogen-bond donors (Lipinski definition) is 1. The van der Waals surface area contributed by atoms with Crippen LogP contribution in [0.25, 0.3) is 0 Å². The Morgan fingerprint density at radius 1 is 1.00 bits per heavy atom. The third-order valence-corrected chi connectivity index (χ3v) is 2.48. The number of hydrogen-bond acceptors (Lipinski definition) is 2. The van der Waals surface area contributed by atoms with Gasteiger partial charge < -0.3 is 10.5 Å². The van der Waals surface area contributed by atoms with Crippen molar-refractivity contribution in [3.63, 3.8) is 0 Å². The van der Waals surface area contributed by atoms with E-state index in [1.807, 2.05) is 30.3 Å². The summed E-state index contributed by atoms with van der Waals surface area (Å²) in [7, 11) is 0. The summed E-state index contributed by atoms with van der Waals surface area (Å²) in [5, 5.41) is 0. The van der Waals surface area contributed by atoms with Crippen LogP contribution in [0, 0.1) is 5.82 Å². The van der Waals surface area contributed by atoms with Gasteiger partial charge in [0.05, 0.1) is 13.2 Å². The van der Waals surface area contributed by atoms with E-state index in [0.29, 0.717) is 18.9 Å². The number of benzene rings is 2. The molecule has 0 heterocycles. The average molecular weight is 231 g/mol. The zero-order chi connectivity index (χ0) is 12.1. The standard InChI is InChI=1S/C14H14FNO/c15-13-7-6-12(14(16)8-13)10-17-9-11-4-2-1-3-5-11/h1-8H,9-10,16H2. The van der Waals surface area contributed by atoms with Gasteiger partial charge in [0.2, 0.25) is 0 Å². The molecule has 17 heavy (non-hydrogen) atoms. The van der Waals surface area contributed by atoms with Crippen LogP contribution in [-0.2, 0) is 18.0 Å². The fraction of sp³-hybridized carbons (Fsp3) is 0.143. The molecular formula is C14H14FNO. The highest BCUT2D eigenvalue weighted by Gasteiger charge is 2.01.